The summed E-state index contributed by atoms with van der Waals surface area (Å²) in [5.74, 6) is -1.08. The van der Waals surface area contributed by atoms with Crippen LogP contribution >= 0.6 is 0 Å². The van der Waals surface area contributed by atoms with Gasteiger partial charge in [0.2, 0.25) is 0 Å². The predicted molar refractivity (Wildman–Crippen MR) is 124 cm³/mol. The molecule has 0 aliphatic carbocycles. The van der Waals surface area contributed by atoms with Gasteiger partial charge in [0.05, 0.1) is 0 Å². The van der Waals surface area contributed by atoms with Gasteiger partial charge in [0.25, 0.3) is 11.8 Å². The number of carbonyl (C=O) groups excluding carboxylic acids is 3. The number of benzene rings is 2. The van der Waals surface area contributed by atoms with E-state index in [0.717, 1.165) is 16.0 Å². The lowest BCUT2D eigenvalue weighted by Gasteiger charge is -2.28. The first-order valence-corrected chi connectivity index (χ1v) is 10.2. The van der Waals surface area contributed by atoms with E-state index in [1.807, 2.05) is 38.1 Å². The van der Waals surface area contributed by atoms with Gasteiger partial charge in [-0.05, 0) is 57.4 Å². The maximum absolute atomic E-state index is 13.3. The second-order valence-electron chi connectivity index (χ2n) is 8.31. The molecular formula is C25H29N3O4. The highest BCUT2D eigenvalue weighted by Gasteiger charge is 2.32. The fraction of sp³-hybridized carbons (Fsp3) is 0.320. The third kappa shape index (κ3) is 6.61. The normalized spacial score (nSPS) is 11.6. The molecule has 1 unspecified atom stereocenters. The van der Waals surface area contributed by atoms with Gasteiger partial charge in [-0.3, -0.25) is 14.5 Å². The van der Waals surface area contributed by atoms with Crippen molar-refractivity contribution in [3.8, 4) is 12.5 Å². The van der Waals surface area contributed by atoms with E-state index in [9.17, 15) is 14.4 Å². The molecular weight excluding hydrogens is 406 g/mol. The molecule has 0 bridgehead atoms. The van der Waals surface area contributed by atoms with Crippen molar-refractivity contribution in [1.29, 1.82) is 0 Å². The van der Waals surface area contributed by atoms with Crippen LogP contribution in [0, 0.1) is 26.3 Å². The van der Waals surface area contributed by atoms with E-state index < -0.39 is 36.1 Å². The van der Waals surface area contributed by atoms with Crippen LogP contribution in [0.1, 0.15) is 43.5 Å². The molecule has 168 valence electrons. The first kappa shape index (κ1) is 24.5. The summed E-state index contributed by atoms with van der Waals surface area (Å²) in [6, 6.07) is 15.7. The van der Waals surface area contributed by atoms with Crippen LogP contribution in [0.15, 0.2) is 48.5 Å². The molecule has 0 aliphatic heterocycles. The lowest BCUT2D eigenvalue weighted by molar-refractivity contribution is -0.134. The number of rotatable bonds is 6. The summed E-state index contributed by atoms with van der Waals surface area (Å²) in [6.07, 6.45) is 4.91. The smallest absolute Gasteiger partial charge is 0.408 e. The number of alkyl carbamates (subject to hydrolysis) is 1. The topological polar surface area (TPSA) is 87.7 Å². The second-order valence-corrected chi connectivity index (χ2v) is 8.31. The number of nitrogens with zero attached hydrogens (tertiary/aromatic N) is 1. The number of para-hydroxylation sites is 1. The highest BCUT2D eigenvalue weighted by Crippen LogP contribution is 2.26. The first-order valence-electron chi connectivity index (χ1n) is 10.2. The lowest BCUT2D eigenvalue weighted by atomic mass is 9.99. The van der Waals surface area contributed by atoms with Gasteiger partial charge in [0.15, 0.2) is 0 Å². The van der Waals surface area contributed by atoms with E-state index in [1.54, 1.807) is 45.0 Å². The zero-order chi connectivity index (χ0) is 23.9. The largest absolute Gasteiger partial charge is 0.444 e. The van der Waals surface area contributed by atoms with Crippen molar-refractivity contribution in [2.45, 2.75) is 46.3 Å². The second kappa shape index (κ2) is 10.5. The van der Waals surface area contributed by atoms with Gasteiger partial charge in [-0.2, -0.15) is 0 Å². The summed E-state index contributed by atoms with van der Waals surface area (Å²) >= 11 is 0. The van der Waals surface area contributed by atoms with E-state index in [2.05, 4.69) is 16.7 Å². The minimum atomic E-state index is -1.09. The average molecular weight is 436 g/mol. The zero-order valence-electron chi connectivity index (χ0n) is 19.1. The number of hydrogen-bond donors (Lipinski definition) is 2. The fourth-order valence-electron chi connectivity index (χ4n) is 3.04. The van der Waals surface area contributed by atoms with Crippen LogP contribution in [0.3, 0.4) is 0 Å². The molecule has 2 aromatic carbocycles. The SMILES string of the molecule is C#CN(C(=O)CNC(=O)OC(C)(C)C)C(C(=O)Nc1ccccc1C)c1ccccc1C. The van der Waals surface area contributed by atoms with E-state index in [1.165, 1.54) is 0 Å². The molecule has 32 heavy (non-hydrogen) atoms. The molecule has 2 N–H and O–H groups in total. The summed E-state index contributed by atoms with van der Waals surface area (Å²) in [7, 11) is 0. The number of anilines is 1. The first-order chi connectivity index (χ1) is 15.0. The molecule has 7 heteroatoms. The van der Waals surface area contributed by atoms with Gasteiger partial charge >= 0.3 is 6.09 Å². The highest BCUT2D eigenvalue weighted by molar-refractivity contribution is 5.99. The predicted octanol–water partition coefficient (Wildman–Crippen LogP) is 3.93. The molecule has 2 rings (SSSR count). The standard InChI is InChI=1S/C25H29N3O4/c1-7-28(21(29)16-26-24(31)32-25(4,5)6)22(19-14-10-8-12-17(19)2)23(30)27-20-15-11-9-13-18(20)3/h1,8-15,22H,16H2,2-6H3,(H,26,31)(H,27,30). The van der Waals surface area contributed by atoms with Gasteiger partial charge in [-0.25, -0.2) is 4.79 Å². The quantitative estimate of drug-likeness (QED) is 0.532. The van der Waals surface area contributed by atoms with E-state index in [4.69, 9.17) is 11.2 Å². The minimum absolute atomic E-state index is 0.418. The van der Waals surface area contributed by atoms with Gasteiger partial charge in [0.1, 0.15) is 18.2 Å². The molecule has 0 aliphatic rings. The van der Waals surface area contributed by atoms with Gasteiger partial charge in [0, 0.05) is 11.7 Å². The van der Waals surface area contributed by atoms with Crippen molar-refractivity contribution in [2.24, 2.45) is 0 Å². The van der Waals surface area contributed by atoms with Crippen molar-refractivity contribution >= 4 is 23.6 Å². The molecule has 0 radical (unpaired) electrons. The molecule has 2 aromatic rings. The van der Waals surface area contributed by atoms with Crippen molar-refractivity contribution in [2.75, 3.05) is 11.9 Å². The monoisotopic (exact) mass is 435 g/mol. The maximum Gasteiger partial charge on any atom is 0.408 e. The number of nitrogens with one attached hydrogen (secondary N) is 2. The third-order valence-electron chi connectivity index (χ3n) is 4.58. The minimum Gasteiger partial charge on any atom is -0.444 e. The Morgan fingerprint density at radius 3 is 2.19 bits per heavy atom. The van der Waals surface area contributed by atoms with E-state index in [-0.39, 0.29) is 0 Å². The van der Waals surface area contributed by atoms with Crippen LogP contribution in [-0.4, -0.2) is 35.0 Å². The molecule has 1 atom stereocenters. The molecule has 0 aromatic heterocycles. The molecule has 0 fully saturated rings. The molecule has 0 heterocycles. The Labute approximate surface area is 189 Å². The van der Waals surface area contributed by atoms with Crippen LogP contribution in [0.2, 0.25) is 0 Å². The lowest BCUT2D eigenvalue weighted by Crippen LogP contribution is -2.44. The summed E-state index contributed by atoms with van der Waals surface area (Å²) in [6.45, 7) is 8.43. The number of aryl methyl sites for hydroxylation is 2. The Balaban J connectivity index is 2.31. The molecule has 3 amide bonds. The molecule has 7 nitrogen and oxygen atoms in total. The van der Waals surface area contributed by atoms with Crippen LogP contribution in [-0.2, 0) is 14.3 Å². The number of ether oxygens (including phenoxy) is 1. The summed E-state index contributed by atoms with van der Waals surface area (Å²) in [4.78, 5) is 39.2. The number of carbonyl (C=O) groups is 3. The van der Waals surface area contributed by atoms with Gasteiger partial charge in [-0.15, -0.1) is 0 Å². The zero-order valence-corrected chi connectivity index (χ0v) is 19.1. The highest BCUT2D eigenvalue weighted by atomic mass is 16.6. The Bertz CT molecular complexity index is 1030. The average Bonchev–Trinajstić information content (AvgIpc) is 2.71. The molecule has 0 spiro atoms. The van der Waals surface area contributed by atoms with Gasteiger partial charge in [-0.1, -0.05) is 48.9 Å². The van der Waals surface area contributed by atoms with E-state index in [0.29, 0.717) is 11.3 Å². The maximum atomic E-state index is 13.3. The van der Waals surface area contributed by atoms with Crippen LogP contribution in [0.5, 0.6) is 0 Å². The van der Waals surface area contributed by atoms with Crippen molar-refractivity contribution < 1.29 is 19.1 Å². The Kier molecular flexibility index (Phi) is 8.03. The van der Waals surface area contributed by atoms with Gasteiger partial charge < -0.3 is 15.4 Å². The Hall–Kier alpha value is -3.79. The third-order valence-corrected chi connectivity index (χ3v) is 4.58. The van der Waals surface area contributed by atoms with Crippen molar-refractivity contribution in [3.63, 3.8) is 0 Å². The summed E-state index contributed by atoms with van der Waals surface area (Å²) in [5, 5.41) is 5.25. The van der Waals surface area contributed by atoms with Crippen LogP contribution in [0.4, 0.5) is 10.5 Å². The number of amides is 3. The Morgan fingerprint density at radius 2 is 1.62 bits per heavy atom. The number of terminal acetylenes is 1. The summed E-state index contributed by atoms with van der Waals surface area (Å²) in [5.41, 5.74) is 2.16. The number of hydrogen-bond acceptors (Lipinski definition) is 4. The summed E-state index contributed by atoms with van der Waals surface area (Å²) < 4.78 is 5.15. The van der Waals surface area contributed by atoms with Crippen molar-refractivity contribution in [3.05, 3.63) is 65.2 Å². The van der Waals surface area contributed by atoms with Crippen LogP contribution in [0.25, 0.3) is 0 Å². The van der Waals surface area contributed by atoms with E-state index >= 15 is 0 Å². The Morgan fingerprint density at radius 1 is 1.03 bits per heavy atom. The van der Waals surface area contributed by atoms with Crippen molar-refractivity contribution in [1.82, 2.24) is 10.2 Å². The van der Waals surface area contributed by atoms with Crippen LogP contribution < -0.4 is 10.6 Å². The molecule has 0 saturated carbocycles. The fourth-order valence-corrected chi connectivity index (χ4v) is 3.04. The molecule has 0 saturated heterocycles.